The minimum Gasteiger partial charge on any atom is -0.508 e. The van der Waals surface area contributed by atoms with Crippen molar-refractivity contribution in [3.63, 3.8) is 0 Å². The molecule has 1 unspecified atom stereocenters. The first-order valence-corrected chi connectivity index (χ1v) is 9.78. The molecule has 3 N–H and O–H groups in total. The summed E-state index contributed by atoms with van der Waals surface area (Å²) in [6.07, 6.45) is 2.36. The fourth-order valence-corrected chi connectivity index (χ4v) is 4.12. The highest BCUT2D eigenvalue weighted by atomic mass is 32.1. The Morgan fingerprint density at radius 2 is 1.88 bits per heavy atom. The van der Waals surface area contributed by atoms with E-state index in [0.717, 1.165) is 48.1 Å². The molecule has 136 valence electrons. The topological polar surface area (TPSA) is 81.5 Å². The molecule has 3 heterocycles. The van der Waals surface area contributed by atoms with Gasteiger partial charge in [-0.2, -0.15) is 0 Å². The van der Waals surface area contributed by atoms with Gasteiger partial charge < -0.3 is 15.5 Å². The lowest BCUT2D eigenvalue weighted by atomic mass is 10.1. The molecule has 0 amide bonds. The monoisotopic (exact) mass is 370 g/mol. The Bertz CT molecular complexity index is 875. The highest BCUT2D eigenvalue weighted by Crippen LogP contribution is 2.31. The number of anilines is 1. The van der Waals surface area contributed by atoms with E-state index in [2.05, 4.69) is 20.2 Å². The second kappa shape index (κ2) is 7.57. The number of benzene rings is 1. The van der Waals surface area contributed by atoms with Gasteiger partial charge in [0.1, 0.15) is 11.4 Å². The Kier molecular flexibility index (Phi) is 5.01. The van der Waals surface area contributed by atoms with Crippen molar-refractivity contribution in [3.05, 3.63) is 47.0 Å². The first-order valence-electron chi connectivity index (χ1n) is 8.90. The van der Waals surface area contributed by atoms with Gasteiger partial charge in [-0.1, -0.05) is 12.1 Å². The number of thiophene rings is 1. The number of nitrogens with one attached hydrogen (secondary N) is 1. The quantitative estimate of drug-likeness (QED) is 0.618. The molecule has 6 nitrogen and oxygen atoms in total. The van der Waals surface area contributed by atoms with Gasteiger partial charge in [0.2, 0.25) is 5.95 Å². The van der Waals surface area contributed by atoms with Crippen molar-refractivity contribution < 1.29 is 10.2 Å². The van der Waals surface area contributed by atoms with Crippen LogP contribution >= 0.6 is 11.3 Å². The maximum atomic E-state index is 10.8. The number of aromatic hydroxyl groups is 1. The number of aromatic nitrogens is 2. The van der Waals surface area contributed by atoms with Gasteiger partial charge in [0.15, 0.2) is 6.23 Å². The van der Waals surface area contributed by atoms with E-state index in [0.29, 0.717) is 18.2 Å². The third kappa shape index (κ3) is 3.65. The third-order valence-electron chi connectivity index (χ3n) is 4.69. The van der Waals surface area contributed by atoms with Crippen LogP contribution in [0, 0.1) is 0 Å². The number of phenolic OH excluding ortho intramolecular Hbond substituents is 1. The molecule has 1 atom stereocenters. The van der Waals surface area contributed by atoms with E-state index in [1.807, 2.05) is 23.6 Å². The van der Waals surface area contributed by atoms with Crippen molar-refractivity contribution in [2.45, 2.75) is 25.5 Å². The Morgan fingerprint density at radius 1 is 1.12 bits per heavy atom. The molecule has 0 spiro atoms. The van der Waals surface area contributed by atoms with Gasteiger partial charge in [-0.25, -0.2) is 9.97 Å². The Morgan fingerprint density at radius 3 is 2.65 bits per heavy atom. The van der Waals surface area contributed by atoms with Gasteiger partial charge in [-0.05, 0) is 48.4 Å². The van der Waals surface area contributed by atoms with E-state index in [1.54, 1.807) is 23.5 Å². The van der Waals surface area contributed by atoms with Crippen LogP contribution in [0.3, 0.4) is 0 Å². The molecule has 1 aliphatic rings. The van der Waals surface area contributed by atoms with Crippen LogP contribution in [0.1, 0.15) is 30.3 Å². The SMILES string of the molecule is Oc1ccc(CCNc2nc(C(O)N3CCCC3)c3sccc3n2)cc1. The summed E-state index contributed by atoms with van der Waals surface area (Å²) in [6.45, 7) is 2.49. The minimum absolute atomic E-state index is 0.272. The van der Waals surface area contributed by atoms with E-state index < -0.39 is 6.23 Å². The number of likely N-dealkylation sites (tertiary alicyclic amines) is 1. The molecule has 4 rings (SSSR count). The van der Waals surface area contributed by atoms with E-state index in [1.165, 1.54) is 0 Å². The highest BCUT2D eigenvalue weighted by molar-refractivity contribution is 7.17. The summed E-state index contributed by atoms with van der Waals surface area (Å²) in [5.74, 6) is 0.816. The van der Waals surface area contributed by atoms with Crippen LogP contribution in [0.5, 0.6) is 5.75 Å². The van der Waals surface area contributed by atoms with E-state index >= 15 is 0 Å². The van der Waals surface area contributed by atoms with Crippen LogP contribution in [0.2, 0.25) is 0 Å². The van der Waals surface area contributed by atoms with Gasteiger partial charge >= 0.3 is 0 Å². The molecule has 1 aliphatic heterocycles. The van der Waals surface area contributed by atoms with Crippen molar-refractivity contribution in [3.8, 4) is 5.75 Å². The fourth-order valence-electron chi connectivity index (χ4n) is 3.28. The maximum absolute atomic E-state index is 10.8. The van der Waals surface area contributed by atoms with Crippen LogP contribution < -0.4 is 5.32 Å². The average molecular weight is 370 g/mol. The second-order valence-electron chi connectivity index (χ2n) is 6.53. The number of rotatable bonds is 6. The molecule has 7 heteroatoms. The summed E-state index contributed by atoms with van der Waals surface area (Å²) < 4.78 is 0.952. The summed E-state index contributed by atoms with van der Waals surface area (Å²) in [5.41, 5.74) is 2.69. The Labute approximate surface area is 156 Å². The summed E-state index contributed by atoms with van der Waals surface area (Å²) in [5, 5.41) is 25.4. The predicted molar refractivity (Wildman–Crippen MR) is 103 cm³/mol. The number of hydrogen-bond acceptors (Lipinski definition) is 7. The number of phenols is 1. The molecule has 2 aromatic heterocycles. The van der Waals surface area contributed by atoms with Gasteiger partial charge in [0.05, 0.1) is 10.2 Å². The number of aliphatic hydroxyl groups is 1. The molecule has 26 heavy (non-hydrogen) atoms. The Balaban J connectivity index is 1.50. The zero-order valence-corrected chi connectivity index (χ0v) is 15.2. The zero-order chi connectivity index (χ0) is 17.9. The van der Waals surface area contributed by atoms with Crippen molar-refractivity contribution >= 4 is 27.5 Å². The molecule has 1 fully saturated rings. The van der Waals surface area contributed by atoms with Gasteiger partial charge in [0.25, 0.3) is 0 Å². The summed E-state index contributed by atoms with van der Waals surface area (Å²) in [7, 11) is 0. The predicted octanol–water partition coefficient (Wildman–Crippen LogP) is 3.14. The van der Waals surface area contributed by atoms with Crippen molar-refractivity contribution in [2.24, 2.45) is 0 Å². The number of aliphatic hydroxyl groups excluding tert-OH is 1. The van der Waals surface area contributed by atoms with Crippen molar-refractivity contribution in [2.75, 3.05) is 25.0 Å². The lowest BCUT2D eigenvalue weighted by molar-refractivity contribution is 0.0170. The Hall–Kier alpha value is -2.22. The lowest BCUT2D eigenvalue weighted by Crippen LogP contribution is -2.26. The molecule has 1 saturated heterocycles. The first kappa shape index (κ1) is 17.2. The molecule has 0 aliphatic carbocycles. The van der Waals surface area contributed by atoms with Crippen LogP contribution in [-0.2, 0) is 6.42 Å². The first-order chi connectivity index (χ1) is 12.7. The summed E-state index contributed by atoms with van der Waals surface area (Å²) in [6, 6.07) is 9.15. The van der Waals surface area contributed by atoms with Gasteiger partial charge in [0, 0.05) is 19.6 Å². The highest BCUT2D eigenvalue weighted by Gasteiger charge is 2.25. The molecule has 1 aromatic carbocycles. The molecular weight excluding hydrogens is 348 g/mol. The number of fused-ring (bicyclic) bond motifs is 1. The molecule has 3 aromatic rings. The van der Waals surface area contributed by atoms with E-state index in [-0.39, 0.29) is 5.75 Å². The smallest absolute Gasteiger partial charge is 0.223 e. The molecule has 0 bridgehead atoms. The third-order valence-corrected chi connectivity index (χ3v) is 5.62. The summed E-state index contributed by atoms with van der Waals surface area (Å²) >= 11 is 1.57. The molecule has 0 saturated carbocycles. The maximum Gasteiger partial charge on any atom is 0.223 e. The molecule has 0 radical (unpaired) electrons. The number of hydrogen-bond donors (Lipinski definition) is 3. The minimum atomic E-state index is -0.681. The van der Waals surface area contributed by atoms with Crippen LogP contribution in [0.25, 0.3) is 10.2 Å². The van der Waals surface area contributed by atoms with Crippen LogP contribution in [0.4, 0.5) is 5.95 Å². The standard InChI is InChI=1S/C19H22N4O2S/c24-14-5-3-13(4-6-14)7-9-20-19-21-15-8-12-26-17(15)16(22-19)18(25)23-10-1-2-11-23/h3-6,8,12,18,24-25H,1-2,7,9-11H2,(H,20,21,22). The van der Waals surface area contributed by atoms with E-state index in [9.17, 15) is 10.2 Å². The van der Waals surface area contributed by atoms with Crippen molar-refractivity contribution in [1.82, 2.24) is 14.9 Å². The lowest BCUT2D eigenvalue weighted by Gasteiger charge is -2.22. The fraction of sp³-hybridized carbons (Fsp3) is 0.368. The van der Waals surface area contributed by atoms with Gasteiger partial charge in [-0.15, -0.1) is 11.3 Å². The van der Waals surface area contributed by atoms with Crippen LogP contribution in [0.15, 0.2) is 35.7 Å². The number of nitrogens with zero attached hydrogens (tertiary/aromatic N) is 3. The second-order valence-corrected chi connectivity index (χ2v) is 7.44. The zero-order valence-electron chi connectivity index (χ0n) is 14.4. The van der Waals surface area contributed by atoms with Crippen LogP contribution in [-0.4, -0.2) is 44.7 Å². The average Bonchev–Trinajstić information content (AvgIpc) is 3.34. The van der Waals surface area contributed by atoms with E-state index in [4.69, 9.17) is 0 Å². The van der Waals surface area contributed by atoms with Crippen molar-refractivity contribution in [1.29, 1.82) is 0 Å². The van der Waals surface area contributed by atoms with Gasteiger partial charge in [-0.3, -0.25) is 4.90 Å². The normalized spacial score (nSPS) is 16.2. The largest absolute Gasteiger partial charge is 0.508 e. The summed E-state index contributed by atoms with van der Waals surface area (Å²) in [4.78, 5) is 11.3. The molecular formula is C19H22N4O2S.